The largest absolute Gasteiger partial charge is 0.458 e. The van der Waals surface area contributed by atoms with E-state index in [0.29, 0.717) is 19.1 Å². The minimum Gasteiger partial charge on any atom is -0.458 e. The van der Waals surface area contributed by atoms with Gasteiger partial charge in [0.25, 0.3) is 0 Å². The first-order chi connectivity index (χ1) is 8.70. The quantitative estimate of drug-likeness (QED) is 0.854. The molecule has 6 heteroatoms. The number of hydrogen-bond donors (Lipinski definition) is 0. The van der Waals surface area contributed by atoms with Crippen LogP contribution in [0.4, 0.5) is 5.69 Å². The smallest absolute Gasteiger partial charge is 0.238 e. The van der Waals surface area contributed by atoms with Gasteiger partial charge in [0.1, 0.15) is 11.8 Å². The predicted octanol–water partition coefficient (Wildman–Crippen LogP) is 1.97. The number of nitriles is 1. The highest BCUT2D eigenvalue weighted by molar-refractivity contribution is 9.10. The van der Waals surface area contributed by atoms with Crippen LogP contribution in [0.2, 0.25) is 0 Å². The highest BCUT2D eigenvalue weighted by atomic mass is 79.9. The molecular formula is C12H14BrN3O2. The third kappa shape index (κ3) is 3.12. The first-order valence-corrected chi connectivity index (χ1v) is 6.54. The normalized spacial score (nSPS) is 17.1. The van der Waals surface area contributed by atoms with Crippen molar-refractivity contribution in [1.29, 1.82) is 5.26 Å². The van der Waals surface area contributed by atoms with Crippen LogP contribution in [0.15, 0.2) is 16.7 Å². The molecule has 0 spiro atoms. The summed E-state index contributed by atoms with van der Waals surface area (Å²) in [5.74, 6) is 0.495. The summed E-state index contributed by atoms with van der Waals surface area (Å²) in [5, 5.41) is 8.81. The molecule has 96 valence electrons. The zero-order valence-electron chi connectivity index (χ0n) is 10.1. The molecule has 0 bridgehead atoms. The van der Waals surface area contributed by atoms with Crippen molar-refractivity contribution in [2.45, 2.75) is 13.0 Å². The molecule has 0 aliphatic carbocycles. The fraction of sp³-hybridized carbons (Fsp3) is 0.500. The molecule has 0 amide bonds. The predicted molar refractivity (Wildman–Crippen MR) is 70.7 cm³/mol. The van der Waals surface area contributed by atoms with Crippen LogP contribution < -0.4 is 9.64 Å². The standard InChI is InChI=1S/C12H14BrN3O2/c1-9(7-14)18-12-11(6-10(13)8-15-12)16-2-4-17-5-3-16/h6,8-9H,2-5H2,1H3/t9-/m0/s1. The van der Waals surface area contributed by atoms with E-state index in [1.54, 1.807) is 13.1 Å². The maximum absolute atomic E-state index is 8.81. The maximum atomic E-state index is 8.81. The summed E-state index contributed by atoms with van der Waals surface area (Å²) in [4.78, 5) is 6.39. The van der Waals surface area contributed by atoms with E-state index in [9.17, 15) is 0 Å². The molecule has 0 saturated carbocycles. The molecular weight excluding hydrogens is 298 g/mol. The zero-order valence-corrected chi connectivity index (χ0v) is 11.7. The van der Waals surface area contributed by atoms with Crippen molar-refractivity contribution < 1.29 is 9.47 Å². The topological polar surface area (TPSA) is 58.4 Å². The monoisotopic (exact) mass is 311 g/mol. The summed E-state index contributed by atoms with van der Waals surface area (Å²) in [6.07, 6.45) is 1.15. The number of nitrogens with zero attached hydrogens (tertiary/aromatic N) is 3. The Hall–Kier alpha value is -1.32. The van der Waals surface area contributed by atoms with Crippen molar-refractivity contribution in [3.63, 3.8) is 0 Å². The van der Waals surface area contributed by atoms with Gasteiger partial charge in [-0.2, -0.15) is 5.26 Å². The third-order valence-corrected chi connectivity index (χ3v) is 3.05. The van der Waals surface area contributed by atoms with E-state index in [1.165, 1.54) is 0 Å². The van der Waals surface area contributed by atoms with Gasteiger partial charge >= 0.3 is 0 Å². The molecule has 0 aromatic carbocycles. The molecule has 1 atom stereocenters. The average molecular weight is 312 g/mol. The highest BCUT2D eigenvalue weighted by Crippen LogP contribution is 2.30. The van der Waals surface area contributed by atoms with E-state index in [-0.39, 0.29) is 0 Å². The lowest BCUT2D eigenvalue weighted by Crippen LogP contribution is -2.36. The Labute approximate surface area is 114 Å². The molecule has 1 fully saturated rings. The fourth-order valence-corrected chi connectivity index (χ4v) is 2.05. The molecule has 0 N–H and O–H groups in total. The Morgan fingerprint density at radius 2 is 2.28 bits per heavy atom. The Balaban J connectivity index is 2.25. The molecule has 1 saturated heterocycles. The Morgan fingerprint density at radius 1 is 1.56 bits per heavy atom. The van der Waals surface area contributed by atoms with Gasteiger partial charge in [-0.25, -0.2) is 4.98 Å². The van der Waals surface area contributed by atoms with E-state index in [1.807, 2.05) is 12.1 Å². The van der Waals surface area contributed by atoms with Crippen LogP contribution in [0.5, 0.6) is 5.88 Å². The number of hydrogen-bond acceptors (Lipinski definition) is 5. The Morgan fingerprint density at radius 3 is 2.94 bits per heavy atom. The highest BCUT2D eigenvalue weighted by Gasteiger charge is 2.18. The van der Waals surface area contributed by atoms with Crippen molar-refractivity contribution in [1.82, 2.24) is 4.98 Å². The second-order valence-electron chi connectivity index (χ2n) is 3.97. The van der Waals surface area contributed by atoms with Crippen LogP contribution in [0.1, 0.15) is 6.92 Å². The summed E-state index contributed by atoms with van der Waals surface area (Å²) < 4.78 is 11.7. The van der Waals surface area contributed by atoms with Crippen LogP contribution in [-0.4, -0.2) is 37.4 Å². The van der Waals surface area contributed by atoms with Gasteiger partial charge in [-0.05, 0) is 28.9 Å². The fourth-order valence-electron chi connectivity index (χ4n) is 1.73. The summed E-state index contributed by atoms with van der Waals surface area (Å²) in [6.45, 7) is 4.69. The first kappa shape index (κ1) is 13.1. The van der Waals surface area contributed by atoms with Crippen LogP contribution >= 0.6 is 15.9 Å². The van der Waals surface area contributed by atoms with E-state index in [4.69, 9.17) is 14.7 Å². The lowest BCUT2D eigenvalue weighted by Gasteiger charge is -2.30. The minimum absolute atomic E-state index is 0.495. The van der Waals surface area contributed by atoms with E-state index < -0.39 is 6.10 Å². The summed E-state index contributed by atoms with van der Waals surface area (Å²) in [6, 6.07) is 4.00. The average Bonchev–Trinajstić information content (AvgIpc) is 2.41. The summed E-state index contributed by atoms with van der Waals surface area (Å²) >= 11 is 3.41. The second kappa shape index (κ2) is 6.03. The van der Waals surface area contributed by atoms with Gasteiger partial charge in [-0.15, -0.1) is 0 Å². The van der Waals surface area contributed by atoms with Crippen molar-refractivity contribution in [3.05, 3.63) is 16.7 Å². The van der Waals surface area contributed by atoms with E-state index >= 15 is 0 Å². The van der Waals surface area contributed by atoms with Gasteiger partial charge in [0.15, 0.2) is 6.10 Å². The van der Waals surface area contributed by atoms with Gasteiger partial charge in [0.05, 0.1) is 13.2 Å². The Bertz CT molecular complexity index is 455. The lowest BCUT2D eigenvalue weighted by molar-refractivity contribution is 0.122. The zero-order chi connectivity index (χ0) is 13.0. The number of aromatic nitrogens is 1. The number of rotatable bonds is 3. The van der Waals surface area contributed by atoms with Crippen LogP contribution in [0.3, 0.4) is 0 Å². The van der Waals surface area contributed by atoms with Gasteiger partial charge in [-0.1, -0.05) is 0 Å². The number of halogens is 1. The molecule has 2 rings (SSSR count). The first-order valence-electron chi connectivity index (χ1n) is 5.75. The number of anilines is 1. The Kier molecular flexibility index (Phi) is 4.39. The van der Waals surface area contributed by atoms with Crippen LogP contribution in [-0.2, 0) is 4.74 Å². The molecule has 0 radical (unpaired) electrons. The molecule has 0 unspecified atom stereocenters. The summed E-state index contributed by atoms with van der Waals surface area (Å²) in [5.41, 5.74) is 0.898. The van der Waals surface area contributed by atoms with Gasteiger partial charge < -0.3 is 14.4 Å². The molecule has 5 nitrogen and oxygen atoms in total. The van der Waals surface area contributed by atoms with E-state index in [2.05, 4.69) is 25.8 Å². The molecule has 18 heavy (non-hydrogen) atoms. The molecule has 1 aliphatic rings. The number of pyridine rings is 1. The van der Waals surface area contributed by atoms with E-state index in [0.717, 1.165) is 23.2 Å². The van der Waals surface area contributed by atoms with Crippen molar-refractivity contribution in [2.75, 3.05) is 31.2 Å². The molecule has 2 heterocycles. The molecule has 1 aromatic rings. The van der Waals surface area contributed by atoms with Gasteiger partial charge in [0, 0.05) is 23.8 Å². The molecule has 1 aromatic heterocycles. The van der Waals surface area contributed by atoms with Crippen molar-refractivity contribution in [2.24, 2.45) is 0 Å². The maximum Gasteiger partial charge on any atom is 0.238 e. The van der Waals surface area contributed by atoms with Crippen molar-refractivity contribution in [3.8, 4) is 11.9 Å². The van der Waals surface area contributed by atoms with Crippen LogP contribution in [0.25, 0.3) is 0 Å². The van der Waals surface area contributed by atoms with Gasteiger partial charge in [-0.3, -0.25) is 0 Å². The minimum atomic E-state index is -0.515. The summed E-state index contributed by atoms with van der Waals surface area (Å²) in [7, 11) is 0. The second-order valence-corrected chi connectivity index (χ2v) is 4.88. The third-order valence-electron chi connectivity index (χ3n) is 2.62. The van der Waals surface area contributed by atoms with Gasteiger partial charge in [0.2, 0.25) is 5.88 Å². The lowest BCUT2D eigenvalue weighted by atomic mass is 10.3. The van der Waals surface area contributed by atoms with Crippen LogP contribution in [0, 0.1) is 11.3 Å². The SMILES string of the molecule is C[C@@H](C#N)Oc1ncc(Br)cc1N1CCOCC1. The number of ether oxygens (including phenoxy) is 2. The molecule has 1 aliphatic heterocycles. The van der Waals surface area contributed by atoms with Crippen molar-refractivity contribution >= 4 is 21.6 Å². The number of morpholine rings is 1.